The number of pyridine rings is 1. The minimum absolute atomic E-state index is 0.0549. The predicted molar refractivity (Wildman–Crippen MR) is 145 cm³/mol. The van der Waals surface area contributed by atoms with Crippen molar-refractivity contribution in [2.24, 2.45) is 0 Å². The maximum atomic E-state index is 14.2. The average molecular weight is 618 g/mol. The van der Waals surface area contributed by atoms with E-state index < -0.39 is 45.1 Å². The summed E-state index contributed by atoms with van der Waals surface area (Å²) >= 11 is 0. The Hall–Kier alpha value is -3.48. The molecule has 1 N–H and O–H groups in total. The highest BCUT2D eigenvalue weighted by atomic mass is 32.5. The highest BCUT2D eigenvalue weighted by molar-refractivity contribution is 8.45. The van der Waals surface area contributed by atoms with Crippen LogP contribution in [0.3, 0.4) is 0 Å². The second-order valence-corrected chi connectivity index (χ2v) is 13.1. The first-order valence-corrected chi connectivity index (χ1v) is 15.2. The van der Waals surface area contributed by atoms with Crippen LogP contribution in [0.2, 0.25) is 0 Å². The molecule has 2 saturated heterocycles. The summed E-state index contributed by atoms with van der Waals surface area (Å²) in [5, 5.41) is 12.6. The molecule has 1 aromatic heterocycles. The highest BCUT2D eigenvalue weighted by Gasteiger charge is 2.65. The van der Waals surface area contributed by atoms with Crippen molar-refractivity contribution in [1.29, 1.82) is 5.26 Å². The number of methoxy groups -OCH3 is 1. The molecule has 15 heteroatoms. The molecule has 0 spiro atoms. The van der Waals surface area contributed by atoms with Crippen molar-refractivity contribution in [1.82, 2.24) is 15.2 Å². The van der Waals surface area contributed by atoms with Crippen molar-refractivity contribution in [3.63, 3.8) is 0 Å². The van der Waals surface area contributed by atoms with Crippen LogP contribution >= 0.6 is 10.2 Å². The Labute approximate surface area is 240 Å². The van der Waals surface area contributed by atoms with E-state index in [0.29, 0.717) is 12.8 Å². The molecule has 2 amide bonds. The Morgan fingerprint density at radius 1 is 1.12 bits per heavy atom. The lowest BCUT2D eigenvalue weighted by Crippen LogP contribution is -2.52. The molecule has 3 heterocycles. The number of likely N-dealkylation sites (tertiary alicyclic amines) is 1. The highest BCUT2D eigenvalue weighted by Crippen LogP contribution is 3.02. The summed E-state index contributed by atoms with van der Waals surface area (Å²) in [6, 6.07) is 1.91. The minimum Gasteiger partial charge on any atom is -0.379 e. The van der Waals surface area contributed by atoms with E-state index in [4.69, 9.17) is 9.47 Å². The molecule has 1 aromatic carbocycles. The number of benzene rings is 1. The molecule has 9 nitrogen and oxygen atoms in total. The van der Waals surface area contributed by atoms with Crippen molar-refractivity contribution in [3.8, 4) is 6.19 Å². The maximum absolute atomic E-state index is 14.2. The van der Waals surface area contributed by atoms with Gasteiger partial charge in [0.05, 0.1) is 24.9 Å². The summed E-state index contributed by atoms with van der Waals surface area (Å²) < 4.78 is 78.7. The van der Waals surface area contributed by atoms with Crippen LogP contribution in [0, 0.1) is 11.5 Å². The first kappa shape index (κ1) is 31.5. The number of ether oxygens (including phenoxy) is 2. The van der Waals surface area contributed by atoms with Gasteiger partial charge in [0.15, 0.2) is 6.19 Å². The maximum Gasteiger partial charge on any atom is 0.310 e. The van der Waals surface area contributed by atoms with E-state index in [2.05, 4.69) is 10.3 Å². The van der Waals surface area contributed by atoms with Crippen LogP contribution in [-0.2, 0) is 19.1 Å². The van der Waals surface area contributed by atoms with Gasteiger partial charge in [0, 0.05) is 43.2 Å². The number of anilines is 1. The van der Waals surface area contributed by atoms with Crippen LogP contribution < -0.4 is 10.2 Å². The van der Waals surface area contributed by atoms with Crippen LogP contribution in [0.15, 0.2) is 53.7 Å². The van der Waals surface area contributed by atoms with E-state index in [0.717, 1.165) is 21.9 Å². The molecule has 0 radical (unpaired) electrons. The van der Waals surface area contributed by atoms with Crippen LogP contribution in [0.25, 0.3) is 0 Å². The molecule has 0 aliphatic carbocycles. The third-order valence-electron chi connectivity index (χ3n) is 7.36. The van der Waals surface area contributed by atoms with E-state index in [1.165, 1.54) is 31.6 Å². The lowest BCUT2D eigenvalue weighted by Gasteiger charge is -2.41. The van der Waals surface area contributed by atoms with Crippen LogP contribution in [0.4, 0.5) is 25.1 Å². The molecule has 5 unspecified atom stereocenters. The monoisotopic (exact) mass is 617 g/mol. The number of nitrogens with one attached hydrogen (secondary N) is 1. The summed E-state index contributed by atoms with van der Waals surface area (Å²) in [5.41, 5.74) is -0.0276. The van der Waals surface area contributed by atoms with Crippen LogP contribution in [0.5, 0.6) is 0 Å². The van der Waals surface area contributed by atoms with Crippen molar-refractivity contribution in [3.05, 3.63) is 54.4 Å². The van der Waals surface area contributed by atoms with E-state index in [1.807, 2.05) is 20.0 Å². The Balaban J connectivity index is 1.82. The van der Waals surface area contributed by atoms with Gasteiger partial charge in [-0.1, -0.05) is 25.5 Å². The number of nitrogens with zero attached hydrogens (tertiary/aromatic N) is 4. The number of amides is 2. The third kappa shape index (κ3) is 7.11. The fourth-order valence-electron chi connectivity index (χ4n) is 5.50. The zero-order chi connectivity index (χ0) is 30.9. The SMILES string of the molecule is COC1CC(C(=O)N(c2ccc(S(F)(F)(F)(F)F)cc2)C(C(=O)NC2CC(C)OC(C)C2)c2cccnc2)N(C#N)C1. The van der Waals surface area contributed by atoms with Gasteiger partial charge in [0.1, 0.15) is 17.0 Å². The van der Waals surface area contributed by atoms with E-state index in [-0.39, 0.29) is 54.6 Å². The average Bonchev–Trinajstić information content (AvgIpc) is 3.34. The van der Waals surface area contributed by atoms with Gasteiger partial charge < -0.3 is 14.8 Å². The number of rotatable bonds is 8. The number of aromatic nitrogens is 1. The fourth-order valence-corrected chi connectivity index (χ4v) is 6.15. The second kappa shape index (κ2) is 11.0. The summed E-state index contributed by atoms with van der Waals surface area (Å²) in [4.78, 5) is 32.2. The summed E-state index contributed by atoms with van der Waals surface area (Å²) in [6.07, 6.45) is 4.86. The number of halogens is 5. The molecule has 2 fully saturated rings. The van der Waals surface area contributed by atoms with Gasteiger partial charge in [-0.05, 0) is 57.0 Å². The topological polar surface area (TPSA) is 108 Å². The Kier molecular flexibility index (Phi) is 8.22. The molecule has 0 saturated carbocycles. The van der Waals surface area contributed by atoms with E-state index in [1.54, 1.807) is 0 Å². The molecular formula is C27H32F5N5O4S. The molecule has 2 aliphatic heterocycles. The first-order valence-electron chi connectivity index (χ1n) is 13.2. The van der Waals surface area contributed by atoms with Crippen LogP contribution in [0.1, 0.15) is 44.7 Å². The molecular weight excluding hydrogens is 585 g/mol. The van der Waals surface area contributed by atoms with Crippen molar-refractivity contribution in [2.45, 2.75) is 74.4 Å². The van der Waals surface area contributed by atoms with Crippen molar-refractivity contribution in [2.75, 3.05) is 18.6 Å². The number of nitriles is 1. The Morgan fingerprint density at radius 2 is 1.76 bits per heavy atom. The standard InChI is InChI=1S/C27H32F5N5O4S/c1-17-11-20(12-18(2)41-17)35-26(38)25(19-5-4-10-34-14-19)37(27(39)24-13-22(40-3)15-36(24)16-33)21-6-8-23(9-7-21)42(28,29,30,31)32/h4-10,14,17-18,20,22,24-25H,11-13,15H2,1-3H3,(H,35,38). The molecule has 42 heavy (non-hydrogen) atoms. The van der Waals surface area contributed by atoms with E-state index >= 15 is 0 Å². The molecule has 230 valence electrons. The van der Waals surface area contributed by atoms with Gasteiger partial charge in [-0.3, -0.25) is 24.4 Å². The van der Waals surface area contributed by atoms with Crippen LogP contribution in [-0.4, -0.2) is 65.7 Å². The smallest absolute Gasteiger partial charge is 0.310 e. The first-order chi connectivity index (χ1) is 19.5. The van der Waals surface area contributed by atoms with E-state index in [9.17, 15) is 34.3 Å². The van der Waals surface area contributed by atoms with Gasteiger partial charge in [0.25, 0.3) is 5.91 Å². The van der Waals surface area contributed by atoms with Gasteiger partial charge in [-0.2, -0.15) is 5.26 Å². The Bertz CT molecular complexity index is 1330. The number of carbonyl (C=O) groups is 2. The zero-order valence-electron chi connectivity index (χ0n) is 23.1. The largest absolute Gasteiger partial charge is 0.379 e. The lowest BCUT2D eigenvalue weighted by atomic mass is 9.98. The van der Waals surface area contributed by atoms with Crippen molar-refractivity contribution >= 4 is 27.7 Å². The number of hydrogen-bond acceptors (Lipinski definition) is 7. The van der Waals surface area contributed by atoms with Gasteiger partial charge in [-0.25, -0.2) is 0 Å². The quantitative estimate of drug-likeness (QED) is 0.310. The summed E-state index contributed by atoms with van der Waals surface area (Å²) in [6.45, 7) is 3.78. The van der Waals surface area contributed by atoms with Gasteiger partial charge >= 0.3 is 10.2 Å². The fraction of sp³-hybridized carbons (Fsp3) is 0.481. The summed E-state index contributed by atoms with van der Waals surface area (Å²) in [5.74, 6) is -1.46. The number of carbonyl (C=O) groups excluding carboxylic acids is 2. The zero-order valence-corrected chi connectivity index (χ0v) is 23.9. The van der Waals surface area contributed by atoms with Gasteiger partial charge in [0.2, 0.25) is 5.91 Å². The molecule has 0 bridgehead atoms. The Morgan fingerprint density at radius 3 is 2.29 bits per heavy atom. The second-order valence-electron chi connectivity index (χ2n) is 10.7. The third-order valence-corrected chi connectivity index (χ3v) is 8.52. The molecule has 4 rings (SSSR count). The minimum atomic E-state index is -10.0. The normalized spacial score (nSPS) is 26.8. The molecule has 2 aromatic rings. The summed E-state index contributed by atoms with van der Waals surface area (Å²) in [7, 11) is -8.62. The van der Waals surface area contributed by atoms with Gasteiger partial charge in [-0.15, -0.1) is 0 Å². The molecule has 5 atom stereocenters. The molecule has 2 aliphatic rings. The predicted octanol–water partition coefficient (Wildman–Crippen LogP) is 5.46. The number of hydrogen-bond donors (Lipinski definition) is 1. The van der Waals surface area contributed by atoms with Crippen molar-refractivity contribution < 1.29 is 38.5 Å². The lowest BCUT2D eigenvalue weighted by molar-refractivity contribution is -0.129.